The second-order valence-corrected chi connectivity index (χ2v) is 8.26. The van der Waals surface area contributed by atoms with E-state index in [1.54, 1.807) is 66.6 Å². The molecule has 2 aliphatic rings. The fraction of sp³-hybridized carbons (Fsp3) is 0.296. The predicted molar refractivity (Wildman–Crippen MR) is 131 cm³/mol. The number of rotatable bonds is 9. The van der Waals surface area contributed by atoms with Crippen LogP contribution >= 0.6 is 0 Å². The molecule has 1 atom stereocenters. The third-order valence-corrected chi connectivity index (χ3v) is 6.35. The van der Waals surface area contributed by atoms with E-state index in [2.05, 4.69) is 6.58 Å². The van der Waals surface area contributed by atoms with Crippen LogP contribution in [0.5, 0.6) is 5.75 Å². The van der Waals surface area contributed by atoms with Crippen LogP contribution in [-0.4, -0.2) is 61.0 Å². The average Bonchev–Trinajstić information content (AvgIpc) is 3.25. The minimum absolute atomic E-state index is 0.112. The lowest BCUT2D eigenvalue weighted by atomic mass is 9.82. The number of amides is 2. The highest BCUT2D eigenvalue weighted by atomic mass is 16.5. The van der Waals surface area contributed by atoms with Gasteiger partial charge >= 0.3 is 0 Å². The fourth-order valence-electron chi connectivity index (χ4n) is 4.86. The zero-order valence-electron chi connectivity index (χ0n) is 19.8. The van der Waals surface area contributed by atoms with Gasteiger partial charge in [-0.2, -0.15) is 0 Å². The summed E-state index contributed by atoms with van der Waals surface area (Å²) in [7, 11) is 1.54. The molecule has 0 aromatic heterocycles. The molecule has 0 bridgehead atoms. The number of para-hydroxylation sites is 1. The summed E-state index contributed by atoms with van der Waals surface area (Å²) in [6.45, 7) is 6.56. The van der Waals surface area contributed by atoms with E-state index in [1.807, 2.05) is 6.92 Å². The number of anilines is 1. The summed E-state index contributed by atoms with van der Waals surface area (Å²) in [6.07, 6.45) is 2.03. The molecular weight excluding hydrogens is 448 g/mol. The zero-order valence-corrected chi connectivity index (χ0v) is 19.8. The van der Waals surface area contributed by atoms with Crippen molar-refractivity contribution in [3.05, 3.63) is 77.9 Å². The monoisotopic (exact) mass is 476 g/mol. The van der Waals surface area contributed by atoms with E-state index in [0.29, 0.717) is 48.7 Å². The lowest BCUT2D eigenvalue weighted by Gasteiger charge is -2.34. The summed E-state index contributed by atoms with van der Waals surface area (Å²) < 4.78 is 10.6. The number of hydrogen-bond acceptors (Lipinski definition) is 6. The van der Waals surface area contributed by atoms with Crippen LogP contribution in [0.3, 0.4) is 0 Å². The predicted octanol–water partition coefficient (Wildman–Crippen LogP) is 3.23. The molecule has 4 rings (SSSR count). The first-order chi connectivity index (χ1) is 16.9. The summed E-state index contributed by atoms with van der Waals surface area (Å²) in [5.41, 5.74) is -0.580. The second kappa shape index (κ2) is 9.76. The van der Waals surface area contributed by atoms with E-state index in [-0.39, 0.29) is 12.1 Å². The molecule has 1 spiro atoms. The molecule has 2 aliphatic heterocycles. The molecule has 2 aromatic rings. The number of carbonyl (C=O) groups excluding carboxylic acids is 3. The van der Waals surface area contributed by atoms with E-state index in [1.165, 1.54) is 4.90 Å². The fourth-order valence-corrected chi connectivity index (χ4v) is 4.86. The topological polar surface area (TPSA) is 96.4 Å². The summed E-state index contributed by atoms with van der Waals surface area (Å²) in [6, 6.07) is 13.5. The molecule has 2 heterocycles. The Labute approximate surface area is 204 Å². The average molecular weight is 477 g/mol. The standard InChI is InChI=1S/C27H28N2O6/c1-4-16-35-19-13-11-18(12-14-19)23(30)22-24(31)25(32)29(15-8-17-34-3)27(22)20-9-6-7-10-21(20)28(5-2)26(27)33/h4,6-7,9-14,30H,1,5,8,15-17H2,2-3H3. The summed E-state index contributed by atoms with van der Waals surface area (Å²) >= 11 is 0. The van der Waals surface area contributed by atoms with Crippen molar-refractivity contribution in [1.82, 2.24) is 4.90 Å². The minimum atomic E-state index is -1.75. The van der Waals surface area contributed by atoms with Crippen molar-refractivity contribution in [2.24, 2.45) is 0 Å². The first-order valence-corrected chi connectivity index (χ1v) is 11.5. The Balaban J connectivity index is 1.94. The van der Waals surface area contributed by atoms with Crippen molar-refractivity contribution >= 4 is 29.0 Å². The van der Waals surface area contributed by atoms with Gasteiger partial charge in [0.2, 0.25) is 0 Å². The number of benzene rings is 2. The third-order valence-electron chi connectivity index (χ3n) is 6.35. The van der Waals surface area contributed by atoms with Crippen molar-refractivity contribution in [2.75, 3.05) is 38.3 Å². The van der Waals surface area contributed by atoms with Crippen LogP contribution in [0, 0.1) is 0 Å². The molecule has 182 valence electrons. The molecule has 1 saturated heterocycles. The number of likely N-dealkylation sites (N-methyl/N-ethyl adjacent to an activating group) is 1. The highest BCUT2D eigenvalue weighted by molar-refractivity contribution is 6.50. The first kappa shape index (κ1) is 24.2. The molecule has 0 aliphatic carbocycles. The van der Waals surface area contributed by atoms with Crippen LogP contribution in [0.25, 0.3) is 5.76 Å². The molecular formula is C27H28N2O6. The normalized spacial score (nSPS) is 20.6. The Morgan fingerprint density at radius 1 is 1.11 bits per heavy atom. The van der Waals surface area contributed by atoms with Gasteiger partial charge in [0.15, 0.2) is 5.54 Å². The summed E-state index contributed by atoms with van der Waals surface area (Å²) in [5, 5.41) is 11.4. The molecule has 8 nitrogen and oxygen atoms in total. The number of Topliss-reactive ketones (excluding diaryl/α,β-unsaturated/α-hetero) is 1. The molecule has 1 fully saturated rings. The Morgan fingerprint density at radius 2 is 1.83 bits per heavy atom. The lowest BCUT2D eigenvalue weighted by molar-refractivity contribution is -0.143. The molecule has 1 unspecified atom stereocenters. The minimum Gasteiger partial charge on any atom is -0.507 e. The quantitative estimate of drug-likeness (QED) is 0.196. The number of nitrogens with zero attached hydrogens (tertiary/aromatic N) is 2. The van der Waals surface area contributed by atoms with Crippen molar-refractivity contribution in [3.63, 3.8) is 0 Å². The van der Waals surface area contributed by atoms with E-state index < -0.39 is 28.9 Å². The van der Waals surface area contributed by atoms with Crippen molar-refractivity contribution in [2.45, 2.75) is 18.9 Å². The summed E-state index contributed by atoms with van der Waals surface area (Å²) in [5.74, 6) is -2.02. The van der Waals surface area contributed by atoms with Gasteiger partial charge in [0.05, 0.1) is 11.3 Å². The SMILES string of the molecule is C=CCOc1ccc(C(O)=C2C(=O)C(=O)N(CCCOC)C23C(=O)N(CC)c2ccccc23)cc1. The number of aliphatic hydroxyl groups excluding tert-OH is 1. The van der Waals surface area contributed by atoms with Crippen molar-refractivity contribution in [1.29, 1.82) is 0 Å². The Morgan fingerprint density at radius 3 is 2.49 bits per heavy atom. The van der Waals surface area contributed by atoms with E-state index in [4.69, 9.17) is 9.47 Å². The number of ketones is 1. The Bertz CT molecular complexity index is 1200. The summed E-state index contributed by atoms with van der Waals surface area (Å²) in [4.78, 5) is 43.6. The number of likely N-dealkylation sites (tertiary alicyclic amines) is 1. The number of aliphatic hydroxyl groups is 1. The number of ether oxygens (including phenoxy) is 2. The van der Waals surface area contributed by atoms with Gasteiger partial charge < -0.3 is 24.4 Å². The second-order valence-electron chi connectivity index (χ2n) is 8.26. The van der Waals surface area contributed by atoms with Crippen LogP contribution < -0.4 is 9.64 Å². The number of fused-ring (bicyclic) bond motifs is 2. The molecule has 35 heavy (non-hydrogen) atoms. The van der Waals surface area contributed by atoms with E-state index in [9.17, 15) is 19.5 Å². The molecule has 0 saturated carbocycles. The van der Waals surface area contributed by atoms with Crippen molar-refractivity contribution in [3.8, 4) is 5.75 Å². The third kappa shape index (κ3) is 3.70. The smallest absolute Gasteiger partial charge is 0.296 e. The van der Waals surface area contributed by atoms with Gasteiger partial charge in [-0.1, -0.05) is 30.9 Å². The maximum Gasteiger partial charge on any atom is 0.296 e. The van der Waals surface area contributed by atoms with Crippen LogP contribution in [0.2, 0.25) is 0 Å². The Hall–Kier alpha value is -3.91. The van der Waals surface area contributed by atoms with Gasteiger partial charge in [-0.25, -0.2) is 0 Å². The molecule has 1 N–H and O–H groups in total. The first-order valence-electron chi connectivity index (χ1n) is 11.5. The van der Waals surface area contributed by atoms with E-state index in [0.717, 1.165) is 0 Å². The number of methoxy groups -OCH3 is 1. The van der Waals surface area contributed by atoms with Gasteiger partial charge in [0.25, 0.3) is 17.6 Å². The van der Waals surface area contributed by atoms with Crippen LogP contribution in [0.15, 0.2) is 66.8 Å². The van der Waals surface area contributed by atoms with Gasteiger partial charge in [-0.3, -0.25) is 14.4 Å². The highest BCUT2D eigenvalue weighted by Crippen LogP contribution is 2.53. The van der Waals surface area contributed by atoms with Crippen LogP contribution in [0.1, 0.15) is 24.5 Å². The molecule has 8 heteroatoms. The van der Waals surface area contributed by atoms with E-state index >= 15 is 0 Å². The van der Waals surface area contributed by atoms with Gasteiger partial charge in [0.1, 0.15) is 18.1 Å². The number of carbonyl (C=O) groups is 3. The van der Waals surface area contributed by atoms with Crippen LogP contribution in [-0.2, 0) is 24.7 Å². The lowest BCUT2D eigenvalue weighted by Crippen LogP contribution is -2.52. The molecule has 2 aromatic carbocycles. The number of hydrogen-bond donors (Lipinski definition) is 1. The maximum absolute atomic E-state index is 14.0. The molecule has 2 amide bonds. The van der Waals surface area contributed by atoms with Crippen LogP contribution in [0.4, 0.5) is 5.69 Å². The highest BCUT2D eigenvalue weighted by Gasteiger charge is 2.66. The zero-order chi connectivity index (χ0) is 25.2. The molecule has 0 radical (unpaired) electrons. The largest absolute Gasteiger partial charge is 0.507 e. The maximum atomic E-state index is 14.0. The van der Waals surface area contributed by atoms with Gasteiger partial charge in [-0.05, 0) is 43.7 Å². The van der Waals surface area contributed by atoms with Gasteiger partial charge in [-0.15, -0.1) is 0 Å². The van der Waals surface area contributed by atoms with Crippen molar-refractivity contribution < 1.29 is 29.0 Å². The Kier molecular flexibility index (Phi) is 6.75. The van der Waals surface area contributed by atoms with Gasteiger partial charge in [0, 0.05) is 37.9 Å².